The average Bonchev–Trinajstić information content (AvgIpc) is 3.08. The van der Waals surface area contributed by atoms with Gasteiger partial charge in [-0.15, -0.1) is 0 Å². The van der Waals surface area contributed by atoms with E-state index in [0.29, 0.717) is 46.4 Å². The van der Waals surface area contributed by atoms with Gasteiger partial charge in [-0.25, -0.2) is 4.90 Å². The first-order valence-corrected chi connectivity index (χ1v) is 10.7. The molecule has 1 aliphatic heterocycles. The Hall–Kier alpha value is -3.57. The molecule has 0 bridgehead atoms. The van der Waals surface area contributed by atoms with Gasteiger partial charge in [0.2, 0.25) is 0 Å². The lowest BCUT2D eigenvalue weighted by molar-refractivity contribution is -0.120. The van der Waals surface area contributed by atoms with Gasteiger partial charge in [0.05, 0.1) is 18.4 Å². The number of hydrogen-bond donors (Lipinski definition) is 0. The van der Waals surface area contributed by atoms with Crippen LogP contribution in [0.4, 0.5) is 5.69 Å². The summed E-state index contributed by atoms with van der Waals surface area (Å²) in [6.07, 6.45) is 0. The van der Waals surface area contributed by atoms with Crippen LogP contribution in [-0.4, -0.2) is 30.4 Å². The second-order valence-corrected chi connectivity index (χ2v) is 7.81. The van der Waals surface area contributed by atoms with Crippen LogP contribution < -0.4 is 9.64 Å². The minimum absolute atomic E-state index is 0.356. The van der Waals surface area contributed by atoms with Crippen LogP contribution >= 0.6 is 11.6 Å². The van der Waals surface area contributed by atoms with E-state index in [9.17, 15) is 9.59 Å². The molecule has 0 spiro atoms. The number of halogens is 1. The lowest BCUT2D eigenvalue weighted by atomic mass is 10.0. The second kappa shape index (κ2) is 9.28. The molecule has 0 aromatic heterocycles. The molecule has 1 heterocycles. The molecule has 162 valence electrons. The van der Waals surface area contributed by atoms with Gasteiger partial charge in [-0.3, -0.25) is 9.59 Å². The number of methoxy groups -OCH3 is 1. The van der Waals surface area contributed by atoms with Gasteiger partial charge in [0.15, 0.2) is 0 Å². The van der Waals surface area contributed by atoms with E-state index in [0.717, 1.165) is 5.56 Å². The summed E-state index contributed by atoms with van der Waals surface area (Å²) >= 11 is 6.07. The fourth-order valence-corrected chi connectivity index (χ4v) is 3.95. The molecule has 0 saturated carbocycles. The normalized spacial score (nSPS) is 13.7. The molecular formula is C26H23ClN2O3. The van der Waals surface area contributed by atoms with E-state index in [-0.39, 0.29) is 11.8 Å². The molecule has 6 heteroatoms. The number of carbonyl (C=O) groups excluding carboxylic acids is 2. The standard InChI is InChI=1S/C26H23ClN2O3/c1-3-28(17-18-8-5-4-6-9-18)24-23(19-12-14-20(27)15-13-19)25(30)29(26(24)31)21-10-7-11-22(16-21)32-2/h4-16H,3,17H2,1-2H3. The van der Waals surface area contributed by atoms with Gasteiger partial charge in [0, 0.05) is 24.2 Å². The van der Waals surface area contributed by atoms with Crippen LogP contribution in [0.5, 0.6) is 5.75 Å². The van der Waals surface area contributed by atoms with Crippen LogP contribution in [0.15, 0.2) is 84.6 Å². The van der Waals surface area contributed by atoms with Crippen molar-refractivity contribution in [3.8, 4) is 5.75 Å². The molecule has 0 saturated heterocycles. The predicted octanol–water partition coefficient (Wildman–Crippen LogP) is 5.16. The van der Waals surface area contributed by atoms with E-state index >= 15 is 0 Å². The molecule has 0 radical (unpaired) electrons. The highest BCUT2D eigenvalue weighted by atomic mass is 35.5. The Labute approximate surface area is 192 Å². The van der Waals surface area contributed by atoms with E-state index in [2.05, 4.69) is 0 Å². The minimum atomic E-state index is -0.368. The molecule has 1 aliphatic rings. The third-order valence-electron chi connectivity index (χ3n) is 5.42. The second-order valence-electron chi connectivity index (χ2n) is 7.38. The van der Waals surface area contributed by atoms with Crippen LogP contribution in [0.2, 0.25) is 5.02 Å². The molecule has 4 rings (SSSR count). The number of imide groups is 1. The Kier molecular flexibility index (Phi) is 6.28. The first-order valence-electron chi connectivity index (χ1n) is 10.4. The molecule has 0 atom stereocenters. The molecule has 32 heavy (non-hydrogen) atoms. The molecule has 5 nitrogen and oxygen atoms in total. The van der Waals surface area contributed by atoms with E-state index in [1.165, 1.54) is 4.90 Å². The van der Waals surface area contributed by atoms with Crippen LogP contribution in [0.25, 0.3) is 5.57 Å². The van der Waals surface area contributed by atoms with Crippen LogP contribution in [0.1, 0.15) is 18.1 Å². The molecule has 0 N–H and O–H groups in total. The maximum Gasteiger partial charge on any atom is 0.282 e. The van der Waals surface area contributed by atoms with Gasteiger partial charge < -0.3 is 9.64 Å². The van der Waals surface area contributed by atoms with Gasteiger partial charge in [-0.05, 0) is 42.3 Å². The zero-order valence-corrected chi connectivity index (χ0v) is 18.7. The van der Waals surface area contributed by atoms with Crippen molar-refractivity contribution in [1.29, 1.82) is 0 Å². The van der Waals surface area contributed by atoms with Crippen molar-refractivity contribution in [2.45, 2.75) is 13.5 Å². The van der Waals surface area contributed by atoms with E-state index in [1.807, 2.05) is 42.2 Å². The lowest BCUT2D eigenvalue weighted by Crippen LogP contribution is -2.35. The molecule has 0 fully saturated rings. The highest BCUT2D eigenvalue weighted by Gasteiger charge is 2.42. The monoisotopic (exact) mass is 446 g/mol. The van der Waals surface area contributed by atoms with Gasteiger partial charge >= 0.3 is 0 Å². The molecule has 3 aromatic carbocycles. The highest BCUT2D eigenvalue weighted by Crippen LogP contribution is 2.36. The van der Waals surface area contributed by atoms with E-state index < -0.39 is 0 Å². The van der Waals surface area contributed by atoms with Crippen molar-refractivity contribution in [2.24, 2.45) is 0 Å². The predicted molar refractivity (Wildman–Crippen MR) is 126 cm³/mol. The number of nitrogens with zero attached hydrogens (tertiary/aromatic N) is 2. The van der Waals surface area contributed by atoms with Crippen molar-refractivity contribution < 1.29 is 14.3 Å². The number of ether oxygens (including phenoxy) is 1. The summed E-state index contributed by atoms with van der Waals surface area (Å²) < 4.78 is 5.30. The van der Waals surface area contributed by atoms with Crippen LogP contribution in [0, 0.1) is 0 Å². The number of carbonyl (C=O) groups is 2. The van der Waals surface area contributed by atoms with Gasteiger partial charge in [-0.2, -0.15) is 0 Å². The molecule has 0 aliphatic carbocycles. The summed E-state index contributed by atoms with van der Waals surface area (Å²) in [6.45, 7) is 3.04. The Morgan fingerprint density at radius 3 is 2.28 bits per heavy atom. The number of likely N-dealkylation sites (N-methyl/N-ethyl adjacent to an activating group) is 1. The molecule has 2 amide bonds. The van der Waals surface area contributed by atoms with E-state index in [4.69, 9.17) is 16.3 Å². The topological polar surface area (TPSA) is 49.9 Å². The largest absolute Gasteiger partial charge is 0.497 e. The zero-order chi connectivity index (χ0) is 22.7. The van der Waals surface area contributed by atoms with Crippen molar-refractivity contribution in [3.05, 3.63) is 101 Å². The summed E-state index contributed by atoms with van der Waals surface area (Å²) in [5, 5.41) is 0.564. The van der Waals surface area contributed by atoms with Crippen molar-refractivity contribution in [3.63, 3.8) is 0 Å². The van der Waals surface area contributed by atoms with Gasteiger partial charge in [-0.1, -0.05) is 60.1 Å². The Balaban J connectivity index is 1.83. The number of rotatable bonds is 7. The van der Waals surface area contributed by atoms with Gasteiger partial charge in [0.1, 0.15) is 11.4 Å². The Bertz CT molecular complexity index is 1170. The fourth-order valence-electron chi connectivity index (χ4n) is 3.83. The summed E-state index contributed by atoms with van der Waals surface area (Å²) in [5.41, 5.74) is 2.92. The van der Waals surface area contributed by atoms with Gasteiger partial charge in [0.25, 0.3) is 11.8 Å². The Morgan fingerprint density at radius 2 is 1.62 bits per heavy atom. The number of amides is 2. The quantitative estimate of drug-likeness (QED) is 0.471. The maximum atomic E-state index is 13.7. The average molecular weight is 447 g/mol. The summed E-state index contributed by atoms with van der Waals surface area (Å²) in [5.74, 6) is -0.153. The van der Waals surface area contributed by atoms with Crippen molar-refractivity contribution in [2.75, 3.05) is 18.6 Å². The first kappa shape index (κ1) is 21.7. The minimum Gasteiger partial charge on any atom is -0.497 e. The van der Waals surface area contributed by atoms with E-state index in [1.54, 1.807) is 55.6 Å². The third kappa shape index (κ3) is 4.12. The first-order chi connectivity index (χ1) is 15.5. The number of benzene rings is 3. The summed E-state index contributed by atoms with van der Waals surface area (Å²) in [6, 6.07) is 23.8. The van der Waals surface area contributed by atoms with Crippen LogP contribution in [0.3, 0.4) is 0 Å². The summed E-state index contributed by atoms with van der Waals surface area (Å²) in [4.78, 5) is 30.5. The molecule has 0 unspecified atom stereocenters. The summed E-state index contributed by atoms with van der Waals surface area (Å²) in [7, 11) is 1.55. The smallest absolute Gasteiger partial charge is 0.282 e. The maximum absolute atomic E-state index is 13.7. The fraction of sp³-hybridized carbons (Fsp3) is 0.154. The SMILES string of the molecule is CCN(Cc1ccccc1)C1=C(c2ccc(Cl)cc2)C(=O)N(c2cccc(OC)c2)C1=O. The Morgan fingerprint density at radius 1 is 0.906 bits per heavy atom. The van der Waals surface area contributed by atoms with Crippen molar-refractivity contribution in [1.82, 2.24) is 4.90 Å². The van der Waals surface area contributed by atoms with Crippen molar-refractivity contribution >= 4 is 34.7 Å². The number of anilines is 1. The lowest BCUT2D eigenvalue weighted by Gasteiger charge is -2.25. The van der Waals surface area contributed by atoms with Crippen LogP contribution in [-0.2, 0) is 16.1 Å². The zero-order valence-electron chi connectivity index (χ0n) is 17.9. The highest BCUT2D eigenvalue weighted by molar-refractivity contribution is 6.45. The molecule has 3 aromatic rings. The third-order valence-corrected chi connectivity index (χ3v) is 5.67. The molecular weight excluding hydrogens is 424 g/mol. The number of hydrogen-bond acceptors (Lipinski definition) is 4.